The van der Waals surface area contributed by atoms with Gasteiger partial charge in [-0.05, 0) is 56.0 Å². The van der Waals surface area contributed by atoms with E-state index in [0.717, 1.165) is 29.4 Å². The summed E-state index contributed by atoms with van der Waals surface area (Å²) in [7, 11) is 3.79. The minimum Gasteiger partial charge on any atom is -0.489 e. The molecule has 0 saturated heterocycles. The van der Waals surface area contributed by atoms with Crippen molar-refractivity contribution in [1.82, 2.24) is 20.4 Å². The van der Waals surface area contributed by atoms with Gasteiger partial charge in [-0.15, -0.1) is 24.0 Å². The first-order valence-electron chi connectivity index (χ1n) is 10.7. The number of ether oxygens (including phenoxy) is 1. The van der Waals surface area contributed by atoms with E-state index in [9.17, 15) is 0 Å². The van der Waals surface area contributed by atoms with Crippen molar-refractivity contribution in [1.29, 1.82) is 0 Å². The van der Waals surface area contributed by atoms with Gasteiger partial charge in [-0.1, -0.05) is 42.5 Å². The van der Waals surface area contributed by atoms with Crippen LogP contribution in [0.1, 0.15) is 35.0 Å². The lowest BCUT2D eigenvalue weighted by molar-refractivity contribution is 0.306. The highest BCUT2D eigenvalue weighted by Crippen LogP contribution is 2.15. The number of aromatic nitrogens is 2. The highest BCUT2D eigenvalue weighted by atomic mass is 127. The molecule has 0 fully saturated rings. The van der Waals surface area contributed by atoms with E-state index in [0.29, 0.717) is 13.2 Å². The molecule has 0 saturated carbocycles. The van der Waals surface area contributed by atoms with Crippen LogP contribution >= 0.6 is 24.0 Å². The minimum absolute atomic E-state index is 0. The molecule has 0 amide bonds. The summed E-state index contributed by atoms with van der Waals surface area (Å²) >= 11 is 0. The van der Waals surface area contributed by atoms with Gasteiger partial charge in [0.1, 0.15) is 12.4 Å². The molecule has 0 aliphatic heterocycles. The van der Waals surface area contributed by atoms with Crippen LogP contribution < -0.4 is 15.4 Å². The molecular weight excluding hydrogens is 513 g/mol. The molecule has 32 heavy (non-hydrogen) atoms. The summed E-state index contributed by atoms with van der Waals surface area (Å²) in [5.41, 5.74) is 5.92. The van der Waals surface area contributed by atoms with Gasteiger partial charge in [-0.25, -0.2) is 0 Å². The van der Waals surface area contributed by atoms with Crippen LogP contribution in [0.15, 0.2) is 59.6 Å². The van der Waals surface area contributed by atoms with Gasteiger partial charge in [-0.2, -0.15) is 5.10 Å². The Morgan fingerprint density at radius 2 is 1.81 bits per heavy atom. The van der Waals surface area contributed by atoms with Gasteiger partial charge >= 0.3 is 0 Å². The molecule has 0 bridgehead atoms. The van der Waals surface area contributed by atoms with Crippen molar-refractivity contribution in [2.45, 2.75) is 46.4 Å². The first-order valence-corrected chi connectivity index (χ1v) is 10.7. The Kier molecular flexibility index (Phi) is 10.0. The molecule has 0 aliphatic rings. The van der Waals surface area contributed by atoms with Gasteiger partial charge in [0.2, 0.25) is 0 Å². The van der Waals surface area contributed by atoms with Crippen molar-refractivity contribution in [2.24, 2.45) is 12.0 Å². The van der Waals surface area contributed by atoms with E-state index in [4.69, 9.17) is 4.74 Å². The van der Waals surface area contributed by atoms with Gasteiger partial charge in [0, 0.05) is 32.4 Å². The highest BCUT2D eigenvalue weighted by molar-refractivity contribution is 14.0. The molecule has 7 heteroatoms. The van der Waals surface area contributed by atoms with Gasteiger partial charge < -0.3 is 15.4 Å². The maximum Gasteiger partial charge on any atom is 0.191 e. The van der Waals surface area contributed by atoms with Crippen LogP contribution in [0.5, 0.6) is 5.75 Å². The fourth-order valence-corrected chi connectivity index (χ4v) is 3.60. The van der Waals surface area contributed by atoms with Crippen molar-refractivity contribution >= 4 is 29.9 Å². The number of aliphatic imine (C=N–C) groups is 1. The largest absolute Gasteiger partial charge is 0.489 e. The molecule has 1 unspecified atom stereocenters. The molecule has 3 aromatic rings. The Morgan fingerprint density at radius 3 is 2.47 bits per heavy atom. The zero-order valence-corrected chi connectivity index (χ0v) is 21.9. The average molecular weight is 547 g/mol. The molecule has 2 aromatic carbocycles. The number of nitrogens with zero attached hydrogens (tertiary/aromatic N) is 3. The number of aryl methyl sites for hydroxylation is 2. The Labute approximate surface area is 208 Å². The van der Waals surface area contributed by atoms with Crippen molar-refractivity contribution in [3.8, 4) is 5.75 Å². The number of benzene rings is 2. The third-order valence-corrected chi connectivity index (χ3v) is 5.38. The lowest BCUT2D eigenvalue weighted by atomic mass is 10.1. The lowest BCUT2D eigenvalue weighted by Gasteiger charge is -2.18. The molecule has 0 radical (unpaired) electrons. The molecule has 0 spiro atoms. The molecule has 1 atom stereocenters. The molecule has 0 aliphatic carbocycles. The number of rotatable bonds is 8. The van der Waals surface area contributed by atoms with E-state index < -0.39 is 0 Å². The maximum absolute atomic E-state index is 5.86. The Hall–Kier alpha value is -2.55. The first kappa shape index (κ1) is 25.7. The summed E-state index contributed by atoms with van der Waals surface area (Å²) in [5.74, 6) is 1.67. The molecule has 1 aromatic heterocycles. The van der Waals surface area contributed by atoms with Crippen LogP contribution in [-0.2, 0) is 26.6 Å². The average Bonchev–Trinajstić information content (AvgIpc) is 3.02. The number of hydrogen-bond donors (Lipinski definition) is 2. The number of halogens is 1. The standard InChI is InChI=1S/C25H33N5O.HI/c1-18(14-24-19(2)29-30(5)20(24)3)28-25(26-4)27-16-21-10-9-11-22(15-21)17-31-23-12-7-6-8-13-23;/h6-13,15,18H,14,16-17H2,1-5H3,(H2,26,27,28);1H. The van der Waals surface area contributed by atoms with E-state index in [2.05, 4.69) is 65.8 Å². The predicted molar refractivity (Wildman–Crippen MR) is 142 cm³/mol. The van der Waals surface area contributed by atoms with Crippen molar-refractivity contribution in [3.05, 3.63) is 82.7 Å². The Morgan fingerprint density at radius 1 is 1.09 bits per heavy atom. The van der Waals surface area contributed by atoms with Crippen molar-refractivity contribution in [3.63, 3.8) is 0 Å². The fraction of sp³-hybridized carbons (Fsp3) is 0.360. The summed E-state index contributed by atoms with van der Waals surface area (Å²) in [5, 5.41) is 11.4. The van der Waals surface area contributed by atoms with E-state index in [1.165, 1.54) is 16.8 Å². The number of guanidine groups is 1. The minimum atomic E-state index is 0. The molecular formula is C25H34IN5O. The topological polar surface area (TPSA) is 63.5 Å². The second-order valence-electron chi connectivity index (χ2n) is 7.87. The molecule has 3 rings (SSSR count). The van der Waals surface area contributed by atoms with Crippen LogP contribution in [0.4, 0.5) is 0 Å². The molecule has 2 N–H and O–H groups in total. The quantitative estimate of drug-likeness (QED) is 0.247. The Bertz CT molecular complexity index is 1020. The Balaban J connectivity index is 0.00000363. The number of para-hydroxylation sites is 1. The third-order valence-electron chi connectivity index (χ3n) is 5.38. The molecule has 6 nitrogen and oxygen atoms in total. The van der Waals surface area contributed by atoms with Crippen molar-refractivity contribution < 1.29 is 4.74 Å². The van der Waals surface area contributed by atoms with Gasteiger partial charge in [0.05, 0.1) is 5.69 Å². The van der Waals surface area contributed by atoms with Gasteiger partial charge in [-0.3, -0.25) is 9.67 Å². The van der Waals surface area contributed by atoms with Crippen LogP contribution in [0.2, 0.25) is 0 Å². The summed E-state index contributed by atoms with van der Waals surface area (Å²) < 4.78 is 7.80. The maximum atomic E-state index is 5.86. The summed E-state index contributed by atoms with van der Waals surface area (Å²) in [6.07, 6.45) is 0.901. The first-order chi connectivity index (χ1) is 15.0. The molecule has 1 heterocycles. The second-order valence-corrected chi connectivity index (χ2v) is 7.87. The van der Waals surface area contributed by atoms with Crippen molar-refractivity contribution in [2.75, 3.05) is 7.05 Å². The monoisotopic (exact) mass is 547 g/mol. The van der Waals surface area contributed by atoms with Crippen LogP contribution in [0, 0.1) is 13.8 Å². The zero-order chi connectivity index (χ0) is 22.2. The normalized spacial score (nSPS) is 12.1. The summed E-state index contributed by atoms with van der Waals surface area (Å²) in [4.78, 5) is 4.38. The van der Waals surface area contributed by atoms with Gasteiger partial charge in [0.25, 0.3) is 0 Å². The summed E-state index contributed by atoms with van der Waals surface area (Å²) in [6, 6.07) is 18.5. The summed E-state index contributed by atoms with van der Waals surface area (Å²) in [6.45, 7) is 7.59. The third kappa shape index (κ3) is 7.25. The SMILES string of the molecule is CN=C(NCc1cccc(COc2ccccc2)c1)NC(C)Cc1c(C)nn(C)c1C.I. The lowest BCUT2D eigenvalue weighted by Crippen LogP contribution is -2.42. The number of nitrogens with one attached hydrogen (secondary N) is 2. The van der Waals surface area contributed by atoms with E-state index >= 15 is 0 Å². The predicted octanol–water partition coefficient (Wildman–Crippen LogP) is 4.53. The highest BCUT2D eigenvalue weighted by Gasteiger charge is 2.14. The van der Waals surface area contributed by atoms with E-state index in [1.807, 2.05) is 42.1 Å². The van der Waals surface area contributed by atoms with E-state index in [1.54, 1.807) is 7.05 Å². The zero-order valence-electron chi connectivity index (χ0n) is 19.6. The van der Waals surface area contributed by atoms with Crippen LogP contribution in [-0.4, -0.2) is 28.8 Å². The van der Waals surface area contributed by atoms with Crippen LogP contribution in [0.3, 0.4) is 0 Å². The van der Waals surface area contributed by atoms with E-state index in [-0.39, 0.29) is 30.0 Å². The smallest absolute Gasteiger partial charge is 0.191 e. The fourth-order valence-electron chi connectivity index (χ4n) is 3.60. The van der Waals surface area contributed by atoms with Gasteiger partial charge in [0.15, 0.2) is 5.96 Å². The van der Waals surface area contributed by atoms with Crippen LogP contribution in [0.25, 0.3) is 0 Å². The number of hydrogen-bond acceptors (Lipinski definition) is 3. The molecule has 172 valence electrons. The second kappa shape index (κ2) is 12.5.